The summed E-state index contributed by atoms with van der Waals surface area (Å²) in [6.45, 7) is 2.08. The van der Waals surface area contributed by atoms with Gasteiger partial charge in [0.15, 0.2) is 5.16 Å². The maximum atomic E-state index is 4.49. The van der Waals surface area contributed by atoms with E-state index in [1.807, 2.05) is 36.7 Å². The number of hydrogen-bond acceptors (Lipinski definition) is 4. The lowest BCUT2D eigenvalue weighted by Crippen LogP contribution is -1.90. The van der Waals surface area contributed by atoms with E-state index in [4.69, 9.17) is 0 Å². The minimum atomic E-state index is 0.909. The quantitative estimate of drug-likeness (QED) is 0.528. The van der Waals surface area contributed by atoms with Crippen molar-refractivity contribution in [2.24, 2.45) is 0 Å². The first-order valence-electron chi connectivity index (χ1n) is 6.62. The summed E-state index contributed by atoms with van der Waals surface area (Å²) in [6, 6.07) is 12.3. The fourth-order valence-corrected chi connectivity index (χ4v) is 3.23. The van der Waals surface area contributed by atoms with Crippen molar-refractivity contribution in [1.29, 1.82) is 0 Å². The highest BCUT2D eigenvalue weighted by Crippen LogP contribution is 2.30. The monoisotopic (exact) mass is 292 g/mol. The van der Waals surface area contributed by atoms with Crippen LogP contribution in [-0.4, -0.2) is 19.4 Å². The van der Waals surface area contributed by atoms with Crippen LogP contribution in [0.2, 0.25) is 0 Å². The molecule has 0 aliphatic rings. The van der Waals surface area contributed by atoms with Gasteiger partial charge in [0, 0.05) is 11.6 Å². The average molecular weight is 292 g/mol. The van der Waals surface area contributed by atoms with E-state index >= 15 is 0 Å². The molecule has 0 spiro atoms. The molecule has 4 rings (SSSR count). The van der Waals surface area contributed by atoms with Crippen molar-refractivity contribution in [2.75, 3.05) is 0 Å². The molecule has 0 aliphatic heterocycles. The second kappa shape index (κ2) is 4.86. The molecule has 0 unspecified atom stereocenters. The third-order valence-electron chi connectivity index (χ3n) is 3.35. The summed E-state index contributed by atoms with van der Waals surface area (Å²) in [5, 5.41) is 2.90. The van der Waals surface area contributed by atoms with Crippen LogP contribution in [0, 0.1) is 6.92 Å². The van der Waals surface area contributed by atoms with Gasteiger partial charge in [0.2, 0.25) is 0 Å². The fourth-order valence-electron chi connectivity index (χ4n) is 2.31. The van der Waals surface area contributed by atoms with Gasteiger partial charge in [-0.25, -0.2) is 15.0 Å². The number of pyridine rings is 1. The number of benzene rings is 1. The minimum absolute atomic E-state index is 0.909. The van der Waals surface area contributed by atoms with Gasteiger partial charge in [0.1, 0.15) is 11.4 Å². The molecule has 5 heteroatoms. The maximum Gasteiger partial charge on any atom is 0.179 e. The van der Waals surface area contributed by atoms with Crippen LogP contribution in [0.25, 0.3) is 16.4 Å². The van der Waals surface area contributed by atoms with Gasteiger partial charge in [-0.15, -0.1) is 0 Å². The Morgan fingerprint density at radius 1 is 1.05 bits per heavy atom. The molecule has 0 bridgehead atoms. The molecule has 0 fully saturated rings. The fraction of sp³-hybridized carbons (Fsp3) is 0.0625. The number of nitrogens with zero attached hydrogens (tertiary/aromatic N) is 4. The standard InChI is InChI=1S/C16H12N4S/c1-11-5-6-14-13(8-11)15(19-10-18-14)21-16-17-9-12-4-2-3-7-20(12)16/h2-10H,1H3. The Hall–Kier alpha value is -2.40. The van der Waals surface area contributed by atoms with E-state index in [1.54, 1.807) is 18.1 Å². The molecule has 0 radical (unpaired) electrons. The number of imidazole rings is 1. The number of aromatic nitrogens is 4. The molecule has 0 N–H and O–H groups in total. The lowest BCUT2D eigenvalue weighted by atomic mass is 10.2. The van der Waals surface area contributed by atoms with Crippen LogP contribution in [-0.2, 0) is 0 Å². The molecular formula is C16H12N4S. The number of hydrogen-bond donors (Lipinski definition) is 0. The first kappa shape index (κ1) is 12.3. The van der Waals surface area contributed by atoms with Gasteiger partial charge in [-0.1, -0.05) is 17.7 Å². The Bertz CT molecular complexity index is 945. The summed E-state index contributed by atoms with van der Waals surface area (Å²) in [5.74, 6) is 0. The smallest absolute Gasteiger partial charge is 0.179 e. The zero-order valence-electron chi connectivity index (χ0n) is 11.4. The molecule has 0 aliphatic carbocycles. The van der Waals surface area contributed by atoms with Gasteiger partial charge in [-0.2, -0.15) is 0 Å². The van der Waals surface area contributed by atoms with Crippen LogP contribution >= 0.6 is 11.8 Å². The molecule has 1 aromatic carbocycles. The molecule has 0 saturated heterocycles. The molecule has 0 amide bonds. The lowest BCUT2D eigenvalue weighted by Gasteiger charge is -2.05. The predicted molar refractivity (Wildman–Crippen MR) is 83.6 cm³/mol. The van der Waals surface area contributed by atoms with Crippen LogP contribution in [0.1, 0.15) is 5.56 Å². The van der Waals surface area contributed by atoms with Gasteiger partial charge in [-0.3, -0.25) is 4.40 Å². The Morgan fingerprint density at radius 2 is 2.00 bits per heavy atom. The molecule has 0 saturated carbocycles. The molecule has 0 atom stereocenters. The lowest BCUT2D eigenvalue weighted by molar-refractivity contribution is 0.952. The van der Waals surface area contributed by atoms with E-state index in [0.717, 1.165) is 26.6 Å². The van der Waals surface area contributed by atoms with Crippen LogP contribution in [0.5, 0.6) is 0 Å². The third kappa shape index (κ3) is 2.15. The van der Waals surface area contributed by atoms with E-state index in [-0.39, 0.29) is 0 Å². The van der Waals surface area contributed by atoms with Crippen LogP contribution < -0.4 is 0 Å². The molecule has 4 nitrogen and oxygen atoms in total. The van der Waals surface area contributed by atoms with E-state index in [0.29, 0.717) is 0 Å². The molecule has 3 aromatic heterocycles. The SMILES string of the molecule is Cc1ccc2ncnc(Sc3ncc4ccccn34)c2c1. The zero-order chi connectivity index (χ0) is 14.2. The zero-order valence-corrected chi connectivity index (χ0v) is 12.2. The maximum absolute atomic E-state index is 4.49. The minimum Gasteiger partial charge on any atom is -0.295 e. The number of aryl methyl sites for hydroxylation is 1. The number of rotatable bonds is 2. The largest absolute Gasteiger partial charge is 0.295 e. The summed E-state index contributed by atoms with van der Waals surface area (Å²) in [6.07, 6.45) is 5.49. The van der Waals surface area contributed by atoms with Gasteiger partial charge >= 0.3 is 0 Å². The Balaban J connectivity index is 1.86. The highest BCUT2D eigenvalue weighted by atomic mass is 32.2. The third-order valence-corrected chi connectivity index (χ3v) is 4.35. The summed E-state index contributed by atoms with van der Waals surface area (Å²) in [4.78, 5) is 13.2. The van der Waals surface area contributed by atoms with E-state index < -0.39 is 0 Å². The van der Waals surface area contributed by atoms with Crippen molar-refractivity contribution in [2.45, 2.75) is 17.1 Å². The van der Waals surface area contributed by atoms with Crippen LogP contribution in [0.3, 0.4) is 0 Å². The average Bonchev–Trinajstić information content (AvgIpc) is 2.91. The van der Waals surface area contributed by atoms with Crippen molar-refractivity contribution >= 4 is 28.2 Å². The topological polar surface area (TPSA) is 43.1 Å². The van der Waals surface area contributed by atoms with Crippen molar-refractivity contribution in [1.82, 2.24) is 19.4 Å². The van der Waals surface area contributed by atoms with Crippen LogP contribution in [0.4, 0.5) is 0 Å². The summed E-state index contributed by atoms with van der Waals surface area (Å²) in [5.41, 5.74) is 3.24. The Morgan fingerprint density at radius 3 is 2.95 bits per heavy atom. The van der Waals surface area contributed by atoms with Crippen LogP contribution in [0.15, 0.2) is 65.3 Å². The number of fused-ring (bicyclic) bond motifs is 2. The highest BCUT2D eigenvalue weighted by Gasteiger charge is 2.10. The van der Waals surface area contributed by atoms with Crippen molar-refractivity contribution in [3.63, 3.8) is 0 Å². The molecule has 102 valence electrons. The van der Waals surface area contributed by atoms with Crippen molar-refractivity contribution in [3.8, 4) is 0 Å². The van der Waals surface area contributed by atoms with Gasteiger partial charge in [0.05, 0.1) is 17.2 Å². The summed E-state index contributed by atoms with van der Waals surface area (Å²) in [7, 11) is 0. The second-order valence-corrected chi connectivity index (χ2v) is 5.79. The summed E-state index contributed by atoms with van der Waals surface area (Å²) < 4.78 is 2.06. The van der Waals surface area contributed by atoms with E-state index in [9.17, 15) is 0 Å². The van der Waals surface area contributed by atoms with Gasteiger partial charge < -0.3 is 0 Å². The molecule has 3 heterocycles. The first-order chi connectivity index (χ1) is 10.3. The molecular weight excluding hydrogens is 280 g/mol. The van der Waals surface area contributed by atoms with Crippen molar-refractivity contribution in [3.05, 3.63) is 60.7 Å². The Kier molecular flexibility index (Phi) is 2.86. The van der Waals surface area contributed by atoms with E-state index in [1.165, 1.54) is 5.56 Å². The first-order valence-corrected chi connectivity index (χ1v) is 7.44. The molecule has 4 aromatic rings. The second-order valence-electron chi connectivity index (χ2n) is 4.84. The Labute approximate surface area is 125 Å². The van der Waals surface area contributed by atoms with Gasteiger partial charge in [-0.05, 0) is 43.0 Å². The highest BCUT2D eigenvalue weighted by molar-refractivity contribution is 7.99. The normalized spacial score (nSPS) is 11.3. The van der Waals surface area contributed by atoms with Gasteiger partial charge in [0.25, 0.3) is 0 Å². The summed E-state index contributed by atoms with van der Waals surface area (Å²) >= 11 is 1.56. The van der Waals surface area contributed by atoms with E-state index in [2.05, 4.69) is 38.4 Å². The van der Waals surface area contributed by atoms with Crippen molar-refractivity contribution < 1.29 is 0 Å². The molecule has 21 heavy (non-hydrogen) atoms. The predicted octanol–water partition coefficient (Wildman–Crippen LogP) is 3.74.